The number of para-hydroxylation sites is 1. The fourth-order valence-corrected chi connectivity index (χ4v) is 3.18. The van der Waals surface area contributed by atoms with Gasteiger partial charge in [-0.05, 0) is 37.3 Å². The number of H-pyrrole nitrogens is 1. The van der Waals surface area contributed by atoms with Crippen molar-refractivity contribution in [2.45, 2.75) is 12.1 Å². The number of anilines is 1. The topological polar surface area (TPSA) is 104 Å². The number of amides is 1. The quantitative estimate of drug-likeness (QED) is 0.564. The van der Waals surface area contributed by atoms with Gasteiger partial charge in [-0.3, -0.25) is 9.89 Å². The summed E-state index contributed by atoms with van der Waals surface area (Å²) in [7, 11) is 0. The summed E-state index contributed by atoms with van der Waals surface area (Å²) >= 11 is 7.10. The van der Waals surface area contributed by atoms with Gasteiger partial charge < -0.3 is 10.1 Å². The first kappa shape index (κ1) is 19.7. The monoisotopic (exact) mass is 413 g/mol. The maximum Gasteiger partial charge on any atom is 0.234 e. The van der Waals surface area contributed by atoms with E-state index < -0.39 is 0 Å². The summed E-state index contributed by atoms with van der Waals surface area (Å²) in [5.74, 6) is 1.07. The summed E-state index contributed by atoms with van der Waals surface area (Å²) in [6, 6.07) is 14.2. The number of halogens is 1. The highest BCUT2D eigenvalue weighted by molar-refractivity contribution is 7.99. The lowest BCUT2D eigenvalue weighted by Crippen LogP contribution is -2.15. The van der Waals surface area contributed by atoms with Crippen LogP contribution in [0.2, 0.25) is 5.02 Å². The number of nitrogens with one attached hydrogen (secondary N) is 2. The van der Waals surface area contributed by atoms with Crippen LogP contribution in [-0.4, -0.2) is 33.4 Å². The Hall–Kier alpha value is -3.02. The van der Waals surface area contributed by atoms with Crippen molar-refractivity contribution in [2.24, 2.45) is 0 Å². The highest BCUT2D eigenvalue weighted by atomic mass is 35.5. The average Bonchev–Trinajstić information content (AvgIpc) is 3.16. The van der Waals surface area contributed by atoms with E-state index >= 15 is 0 Å². The van der Waals surface area contributed by atoms with E-state index in [1.807, 2.05) is 37.3 Å². The Labute approximate surface area is 171 Å². The Morgan fingerprint density at radius 3 is 2.96 bits per heavy atom. The zero-order valence-corrected chi connectivity index (χ0v) is 16.5. The molecule has 0 aliphatic heterocycles. The van der Waals surface area contributed by atoms with E-state index in [0.717, 1.165) is 5.56 Å². The first-order chi connectivity index (χ1) is 13.6. The fraction of sp³-hybridized carbons (Fsp3) is 0.158. The van der Waals surface area contributed by atoms with Gasteiger partial charge in [0, 0.05) is 5.02 Å². The number of thioether (sulfide) groups is 1. The number of nitriles is 1. The summed E-state index contributed by atoms with van der Waals surface area (Å²) in [6.07, 6.45) is 0. The number of benzene rings is 2. The Morgan fingerprint density at radius 2 is 2.18 bits per heavy atom. The normalized spacial score (nSPS) is 10.3. The standard InChI is InChI=1S/C19H16ClN5O2S/c1-2-27-16-6-4-3-5-14(16)18-23-19(25-24-18)28-11-17(26)22-15-9-13(20)8-7-12(15)10-21/h3-9H,2,11H2,1H3,(H,22,26)(H,23,24,25). The van der Waals surface area contributed by atoms with Crippen molar-refractivity contribution in [1.29, 1.82) is 5.26 Å². The lowest BCUT2D eigenvalue weighted by Gasteiger charge is -2.07. The van der Waals surface area contributed by atoms with Crippen LogP contribution in [0.15, 0.2) is 47.6 Å². The van der Waals surface area contributed by atoms with Crippen LogP contribution in [0.4, 0.5) is 5.69 Å². The molecule has 142 valence electrons. The molecule has 0 unspecified atom stereocenters. The zero-order chi connectivity index (χ0) is 19.9. The molecule has 2 N–H and O–H groups in total. The molecule has 0 saturated heterocycles. The summed E-state index contributed by atoms with van der Waals surface area (Å²) in [5.41, 5.74) is 1.52. The van der Waals surface area contributed by atoms with Gasteiger partial charge in [-0.1, -0.05) is 35.5 Å². The molecule has 2 aromatic carbocycles. The molecule has 0 radical (unpaired) electrons. The van der Waals surface area contributed by atoms with Crippen LogP contribution in [0.5, 0.6) is 5.75 Å². The molecular formula is C19H16ClN5O2S. The molecule has 3 aromatic rings. The number of nitrogens with zero attached hydrogens (tertiary/aromatic N) is 3. The third-order valence-electron chi connectivity index (χ3n) is 3.62. The Bertz CT molecular complexity index is 1030. The van der Waals surface area contributed by atoms with E-state index in [0.29, 0.717) is 39.6 Å². The fourth-order valence-electron chi connectivity index (χ4n) is 2.41. The second kappa shape index (κ2) is 9.26. The van der Waals surface area contributed by atoms with Crippen LogP contribution in [-0.2, 0) is 4.79 Å². The molecule has 1 heterocycles. The lowest BCUT2D eigenvalue weighted by molar-refractivity contribution is -0.113. The van der Waals surface area contributed by atoms with Crippen LogP contribution < -0.4 is 10.1 Å². The minimum absolute atomic E-state index is 0.0851. The van der Waals surface area contributed by atoms with Crippen molar-refractivity contribution in [3.05, 3.63) is 53.1 Å². The summed E-state index contributed by atoms with van der Waals surface area (Å²) in [4.78, 5) is 16.6. The predicted molar refractivity (Wildman–Crippen MR) is 109 cm³/mol. The average molecular weight is 414 g/mol. The predicted octanol–water partition coefficient (Wildman–Crippen LogP) is 4.13. The van der Waals surface area contributed by atoms with E-state index in [-0.39, 0.29) is 11.7 Å². The van der Waals surface area contributed by atoms with Gasteiger partial charge >= 0.3 is 0 Å². The maximum absolute atomic E-state index is 12.2. The van der Waals surface area contributed by atoms with Gasteiger partial charge in [0.05, 0.1) is 29.2 Å². The molecule has 9 heteroatoms. The van der Waals surface area contributed by atoms with E-state index in [2.05, 4.69) is 20.5 Å². The summed E-state index contributed by atoms with van der Waals surface area (Å²) in [5, 5.41) is 19.7. The molecule has 0 bridgehead atoms. The summed E-state index contributed by atoms with van der Waals surface area (Å²) in [6.45, 7) is 2.45. The van der Waals surface area contributed by atoms with Gasteiger partial charge in [-0.2, -0.15) is 5.26 Å². The second-order valence-corrected chi connectivity index (χ2v) is 6.91. The lowest BCUT2D eigenvalue weighted by atomic mass is 10.2. The Kier molecular flexibility index (Phi) is 6.53. The van der Waals surface area contributed by atoms with E-state index in [1.165, 1.54) is 17.8 Å². The summed E-state index contributed by atoms with van der Waals surface area (Å²) < 4.78 is 5.60. The highest BCUT2D eigenvalue weighted by Gasteiger charge is 2.13. The molecule has 28 heavy (non-hydrogen) atoms. The van der Waals surface area contributed by atoms with Crippen LogP contribution >= 0.6 is 23.4 Å². The highest BCUT2D eigenvalue weighted by Crippen LogP contribution is 2.28. The van der Waals surface area contributed by atoms with Crippen molar-refractivity contribution in [2.75, 3.05) is 17.7 Å². The minimum atomic E-state index is -0.287. The van der Waals surface area contributed by atoms with Crippen molar-refractivity contribution < 1.29 is 9.53 Å². The molecule has 0 aliphatic rings. The van der Waals surface area contributed by atoms with Crippen LogP contribution in [0, 0.1) is 11.3 Å². The van der Waals surface area contributed by atoms with Crippen molar-refractivity contribution >= 4 is 35.0 Å². The third-order valence-corrected chi connectivity index (χ3v) is 4.70. The molecule has 0 atom stereocenters. The van der Waals surface area contributed by atoms with Crippen LogP contribution in [0.1, 0.15) is 12.5 Å². The third kappa shape index (κ3) is 4.82. The molecule has 0 fully saturated rings. The number of ether oxygens (including phenoxy) is 1. The minimum Gasteiger partial charge on any atom is -0.493 e. The van der Waals surface area contributed by atoms with Crippen LogP contribution in [0.3, 0.4) is 0 Å². The van der Waals surface area contributed by atoms with Crippen molar-refractivity contribution in [3.63, 3.8) is 0 Å². The first-order valence-electron chi connectivity index (χ1n) is 8.37. The molecule has 0 aliphatic carbocycles. The SMILES string of the molecule is CCOc1ccccc1-c1nc(SCC(=O)Nc2cc(Cl)ccc2C#N)n[nH]1. The van der Waals surface area contributed by atoms with Gasteiger partial charge in [0.25, 0.3) is 0 Å². The Morgan fingerprint density at radius 1 is 1.36 bits per heavy atom. The Balaban J connectivity index is 1.64. The molecule has 1 aromatic heterocycles. The van der Waals surface area contributed by atoms with E-state index in [4.69, 9.17) is 21.6 Å². The molecule has 1 amide bonds. The number of carbonyl (C=O) groups is 1. The van der Waals surface area contributed by atoms with Crippen molar-refractivity contribution in [1.82, 2.24) is 15.2 Å². The van der Waals surface area contributed by atoms with Gasteiger partial charge in [0.2, 0.25) is 11.1 Å². The molecule has 0 saturated carbocycles. The molecule has 7 nitrogen and oxygen atoms in total. The molecule has 0 spiro atoms. The number of aromatic amines is 1. The van der Waals surface area contributed by atoms with Gasteiger partial charge in [-0.25, -0.2) is 4.98 Å². The number of aromatic nitrogens is 3. The maximum atomic E-state index is 12.2. The van der Waals surface area contributed by atoms with Crippen LogP contribution in [0.25, 0.3) is 11.4 Å². The van der Waals surface area contributed by atoms with E-state index in [1.54, 1.807) is 12.1 Å². The van der Waals surface area contributed by atoms with Gasteiger partial charge in [0.15, 0.2) is 5.82 Å². The first-order valence-corrected chi connectivity index (χ1v) is 9.74. The van der Waals surface area contributed by atoms with Gasteiger partial charge in [-0.15, -0.1) is 5.10 Å². The zero-order valence-electron chi connectivity index (χ0n) is 14.9. The molecule has 3 rings (SSSR count). The van der Waals surface area contributed by atoms with Gasteiger partial charge in [0.1, 0.15) is 11.8 Å². The number of hydrogen-bond donors (Lipinski definition) is 2. The largest absolute Gasteiger partial charge is 0.493 e. The van der Waals surface area contributed by atoms with E-state index in [9.17, 15) is 4.79 Å². The second-order valence-electron chi connectivity index (χ2n) is 5.53. The number of hydrogen-bond acceptors (Lipinski definition) is 6. The number of rotatable bonds is 7. The molecular weight excluding hydrogens is 398 g/mol. The smallest absolute Gasteiger partial charge is 0.234 e. The number of carbonyl (C=O) groups excluding carboxylic acids is 1. The van der Waals surface area contributed by atoms with Crippen molar-refractivity contribution in [3.8, 4) is 23.2 Å².